The van der Waals surface area contributed by atoms with E-state index in [0.717, 1.165) is 49.1 Å². The van der Waals surface area contributed by atoms with E-state index in [2.05, 4.69) is 18.0 Å². The highest BCUT2D eigenvalue weighted by molar-refractivity contribution is 5.88. The predicted octanol–water partition coefficient (Wildman–Crippen LogP) is 6.60. The largest absolute Gasteiger partial charge is 0.462 e. The van der Waals surface area contributed by atoms with Crippen LogP contribution in [0.3, 0.4) is 0 Å². The van der Waals surface area contributed by atoms with E-state index in [1.165, 1.54) is 51.4 Å². The summed E-state index contributed by atoms with van der Waals surface area (Å²) in [5, 5.41) is 10.0. The molecule has 4 nitrogen and oxygen atoms in total. The summed E-state index contributed by atoms with van der Waals surface area (Å²) in [6.07, 6.45) is 16.7. The lowest BCUT2D eigenvalue weighted by Gasteiger charge is -2.40. The van der Waals surface area contributed by atoms with E-state index >= 15 is 0 Å². The number of rotatable bonds is 8. The van der Waals surface area contributed by atoms with Gasteiger partial charge in [-0.2, -0.15) is 5.26 Å². The van der Waals surface area contributed by atoms with Gasteiger partial charge in [0.25, 0.3) is 0 Å². The summed E-state index contributed by atoms with van der Waals surface area (Å²) >= 11 is 0. The molecule has 2 saturated carbocycles. The number of aromatic nitrogens is 1. The lowest BCUT2D eigenvalue weighted by molar-refractivity contribution is 0.0525. The Morgan fingerprint density at radius 1 is 1.10 bits per heavy atom. The van der Waals surface area contributed by atoms with Crippen LogP contribution >= 0.6 is 0 Å². The van der Waals surface area contributed by atoms with Gasteiger partial charge in [-0.1, -0.05) is 45.4 Å². The molecule has 0 spiro atoms. The van der Waals surface area contributed by atoms with Crippen LogP contribution in [0.4, 0.5) is 0 Å². The van der Waals surface area contributed by atoms with Crippen molar-refractivity contribution in [1.29, 1.82) is 5.26 Å². The summed E-state index contributed by atoms with van der Waals surface area (Å²) in [5.74, 6) is 2.22. The zero-order valence-electron chi connectivity index (χ0n) is 18.9. The van der Waals surface area contributed by atoms with Gasteiger partial charge >= 0.3 is 5.97 Å². The van der Waals surface area contributed by atoms with Crippen LogP contribution in [0.25, 0.3) is 0 Å². The number of esters is 1. The van der Waals surface area contributed by atoms with Gasteiger partial charge in [0.05, 0.1) is 29.3 Å². The second-order valence-corrected chi connectivity index (χ2v) is 9.46. The van der Waals surface area contributed by atoms with Crippen molar-refractivity contribution < 1.29 is 9.53 Å². The fourth-order valence-corrected chi connectivity index (χ4v) is 5.67. The molecule has 0 amide bonds. The van der Waals surface area contributed by atoms with Gasteiger partial charge in [-0.25, -0.2) is 4.79 Å². The van der Waals surface area contributed by atoms with E-state index in [9.17, 15) is 10.1 Å². The fraction of sp³-hybridized carbons (Fsp3) is 0.731. The van der Waals surface area contributed by atoms with Crippen molar-refractivity contribution in [2.24, 2.45) is 17.8 Å². The molecule has 2 aliphatic carbocycles. The van der Waals surface area contributed by atoms with Crippen molar-refractivity contribution >= 4 is 5.97 Å². The number of unbranched alkanes of at least 4 members (excludes halogenated alkanes) is 2. The molecular formula is C26H38N2O2. The molecule has 2 aliphatic rings. The van der Waals surface area contributed by atoms with E-state index in [0.29, 0.717) is 12.2 Å². The molecule has 0 bridgehead atoms. The van der Waals surface area contributed by atoms with Crippen molar-refractivity contribution in [2.75, 3.05) is 6.61 Å². The van der Waals surface area contributed by atoms with Gasteiger partial charge in [0, 0.05) is 6.20 Å². The molecular weight excluding hydrogens is 372 g/mol. The van der Waals surface area contributed by atoms with Crippen LogP contribution in [0.2, 0.25) is 0 Å². The number of hydrogen-bond donors (Lipinski definition) is 0. The van der Waals surface area contributed by atoms with Crippen LogP contribution in [0.1, 0.15) is 107 Å². The molecule has 4 heteroatoms. The number of nitrogens with zero attached hydrogens (tertiary/aromatic N) is 2. The minimum Gasteiger partial charge on any atom is -0.462 e. The molecule has 1 heterocycles. The molecule has 1 aromatic rings. The highest BCUT2D eigenvalue weighted by Gasteiger charge is 2.40. The lowest BCUT2D eigenvalue weighted by atomic mass is 9.63. The second-order valence-electron chi connectivity index (χ2n) is 9.46. The first-order chi connectivity index (χ1) is 14.6. The maximum Gasteiger partial charge on any atom is 0.339 e. The normalized spacial score (nSPS) is 29.2. The third-order valence-electron chi connectivity index (χ3n) is 7.64. The van der Waals surface area contributed by atoms with Gasteiger partial charge in [-0.05, 0) is 75.3 Å². The Kier molecular flexibility index (Phi) is 8.31. The Morgan fingerprint density at radius 2 is 1.80 bits per heavy atom. The predicted molar refractivity (Wildman–Crippen MR) is 119 cm³/mol. The van der Waals surface area contributed by atoms with Crippen LogP contribution in [-0.4, -0.2) is 17.6 Å². The highest BCUT2D eigenvalue weighted by atomic mass is 16.5. The lowest BCUT2D eigenvalue weighted by Crippen LogP contribution is -2.34. The Labute approximate surface area is 182 Å². The van der Waals surface area contributed by atoms with Crippen LogP contribution in [0.15, 0.2) is 18.3 Å². The third-order valence-corrected chi connectivity index (χ3v) is 7.64. The molecule has 0 N–H and O–H groups in total. The maximum atomic E-state index is 11.9. The number of hydrogen-bond acceptors (Lipinski definition) is 4. The van der Waals surface area contributed by atoms with Gasteiger partial charge in [0.2, 0.25) is 0 Å². The Balaban J connectivity index is 1.53. The van der Waals surface area contributed by atoms with Crippen molar-refractivity contribution in [2.45, 2.75) is 96.3 Å². The van der Waals surface area contributed by atoms with Crippen LogP contribution < -0.4 is 0 Å². The Hall–Kier alpha value is -1.89. The summed E-state index contributed by atoms with van der Waals surface area (Å²) in [6.45, 7) is 4.43. The Bertz CT molecular complexity index is 706. The van der Waals surface area contributed by atoms with Crippen molar-refractivity contribution in [1.82, 2.24) is 4.98 Å². The zero-order valence-corrected chi connectivity index (χ0v) is 18.9. The zero-order chi connectivity index (χ0) is 21.4. The van der Waals surface area contributed by atoms with Gasteiger partial charge in [0.15, 0.2) is 0 Å². The van der Waals surface area contributed by atoms with E-state index in [1.807, 2.05) is 6.07 Å². The van der Waals surface area contributed by atoms with Crippen LogP contribution in [0, 0.1) is 29.1 Å². The van der Waals surface area contributed by atoms with Crippen molar-refractivity contribution in [3.8, 4) is 6.07 Å². The first kappa shape index (κ1) is 22.8. The molecule has 0 unspecified atom stereocenters. The van der Waals surface area contributed by atoms with E-state index < -0.39 is 5.41 Å². The minimum absolute atomic E-state index is 0.350. The molecule has 0 aromatic carbocycles. The smallest absolute Gasteiger partial charge is 0.339 e. The second kappa shape index (κ2) is 10.9. The summed E-state index contributed by atoms with van der Waals surface area (Å²) < 4.78 is 5.04. The molecule has 0 aliphatic heterocycles. The molecule has 1 aromatic heterocycles. The summed E-state index contributed by atoms with van der Waals surface area (Å²) in [7, 11) is 0. The molecule has 3 rings (SSSR count). The standard InChI is InChI=1S/C26H38N2O2/c1-3-5-6-7-20-8-10-21(11-9-20)22-14-16-26(19-27,17-15-22)24-13-12-23(18-28-24)25(29)30-4-2/h12-13,18,20-22H,3-11,14-17H2,1-2H3. The van der Waals surface area contributed by atoms with Gasteiger partial charge in [0.1, 0.15) is 0 Å². The minimum atomic E-state index is -0.499. The third kappa shape index (κ3) is 5.42. The summed E-state index contributed by atoms with van der Waals surface area (Å²) in [4.78, 5) is 16.4. The summed E-state index contributed by atoms with van der Waals surface area (Å²) in [6, 6.07) is 6.20. The SMILES string of the molecule is CCCCCC1CCC(C2CCC(C#N)(c3ccc(C(=O)OCC)cn3)CC2)CC1. The van der Waals surface area contributed by atoms with E-state index in [-0.39, 0.29) is 5.97 Å². The van der Waals surface area contributed by atoms with Crippen LogP contribution in [-0.2, 0) is 10.2 Å². The molecule has 164 valence electrons. The topological polar surface area (TPSA) is 63.0 Å². The number of carbonyl (C=O) groups excluding carboxylic acids is 1. The molecule has 30 heavy (non-hydrogen) atoms. The van der Waals surface area contributed by atoms with Crippen molar-refractivity contribution in [3.63, 3.8) is 0 Å². The first-order valence-corrected chi connectivity index (χ1v) is 12.2. The van der Waals surface area contributed by atoms with Gasteiger partial charge < -0.3 is 4.74 Å². The molecule has 0 radical (unpaired) electrons. The quantitative estimate of drug-likeness (QED) is 0.358. The number of pyridine rings is 1. The first-order valence-electron chi connectivity index (χ1n) is 12.2. The van der Waals surface area contributed by atoms with Crippen LogP contribution in [0.5, 0.6) is 0 Å². The fourth-order valence-electron chi connectivity index (χ4n) is 5.67. The number of carbonyl (C=O) groups is 1. The monoisotopic (exact) mass is 410 g/mol. The van der Waals surface area contributed by atoms with Gasteiger partial charge in [-0.15, -0.1) is 0 Å². The van der Waals surface area contributed by atoms with E-state index in [1.54, 1.807) is 19.2 Å². The number of ether oxygens (including phenoxy) is 1. The Morgan fingerprint density at radius 3 is 2.37 bits per heavy atom. The molecule has 0 atom stereocenters. The van der Waals surface area contributed by atoms with Crippen molar-refractivity contribution in [3.05, 3.63) is 29.6 Å². The molecule has 2 fully saturated rings. The molecule has 0 saturated heterocycles. The number of nitriles is 1. The van der Waals surface area contributed by atoms with Gasteiger partial charge in [-0.3, -0.25) is 4.98 Å². The highest BCUT2D eigenvalue weighted by Crippen LogP contribution is 2.46. The van der Waals surface area contributed by atoms with E-state index in [4.69, 9.17) is 4.74 Å². The average molecular weight is 411 g/mol. The summed E-state index contributed by atoms with van der Waals surface area (Å²) in [5.41, 5.74) is 0.773. The maximum absolute atomic E-state index is 11.9. The average Bonchev–Trinajstić information content (AvgIpc) is 2.80.